The van der Waals surface area contributed by atoms with Crippen LogP contribution in [0.5, 0.6) is 11.5 Å². The number of methoxy groups -OCH3 is 2. The first-order valence-corrected chi connectivity index (χ1v) is 8.47. The number of aliphatic imine (C=N–C) groups is 1. The number of anilines is 2. The maximum atomic E-state index is 6.02. The average molecular weight is 352 g/mol. The van der Waals surface area contributed by atoms with E-state index in [0.29, 0.717) is 24.0 Å². The summed E-state index contributed by atoms with van der Waals surface area (Å²) >= 11 is 0. The Morgan fingerprint density at radius 1 is 1.08 bits per heavy atom. The van der Waals surface area contributed by atoms with Gasteiger partial charge < -0.3 is 25.4 Å². The van der Waals surface area contributed by atoms with Gasteiger partial charge in [-0.2, -0.15) is 0 Å². The Hall–Kier alpha value is -3.15. The van der Waals surface area contributed by atoms with E-state index in [-0.39, 0.29) is 0 Å². The van der Waals surface area contributed by atoms with Crippen LogP contribution in [0.2, 0.25) is 0 Å². The molecule has 1 aliphatic rings. The third-order valence-electron chi connectivity index (χ3n) is 4.18. The molecule has 0 saturated heterocycles. The number of nitrogens with two attached hydrogens (primary N) is 1. The molecule has 0 spiro atoms. The van der Waals surface area contributed by atoms with Gasteiger partial charge in [0, 0.05) is 30.5 Å². The number of rotatable bonds is 6. The average Bonchev–Trinajstić information content (AvgIpc) is 3.21. The molecule has 0 amide bonds. The van der Waals surface area contributed by atoms with E-state index >= 15 is 0 Å². The third kappa shape index (κ3) is 4.27. The maximum absolute atomic E-state index is 6.02. The molecule has 0 fully saturated rings. The van der Waals surface area contributed by atoms with Gasteiger partial charge in [-0.3, -0.25) is 0 Å². The Morgan fingerprint density at radius 3 is 2.58 bits per heavy atom. The van der Waals surface area contributed by atoms with E-state index in [1.807, 2.05) is 18.2 Å². The highest BCUT2D eigenvalue weighted by Crippen LogP contribution is 2.29. The molecule has 0 aliphatic carbocycles. The second kappa shape index (κ2) is 8.29. The van der Waals surface area contributed by atoms with Gasteiger partial charge in [-0.15, -0.1) is 0 Å². The predicted octanol–water partition coefficient (Wildman–Crippen LogP) is 3.01. The molecule has 0 aromatic heterocycles. The summed E-state index contributed by atoms with van der Waals surface area (Å²) in [6.45, 7) is 2.42. The summed E-state index contributed by atoms with van der Waals surface area (Å²) < 4.78 is 10.5. The molecule has 3 rings (SSSR count). The molecule has 2 aromatic carbocycles. The summed E-state index contributed by atoms with van der Waals surface area (Å²) in [4.78, 5) is 6.74. The number of hydrogen-bond acceptors (Lipinski definition) is 4. The first-order chi connectivity index (χ1) is 12.7. The van der Waals surface area contributed by atoms with Crippen LogP contribution in [0.25, 0.3) is 0 Å². The highest BCUT2D eigenvalue weighted by molar-refractivity contribution is 5.92. The van der Waals surface area contributed by atoms with Crippen molar-refractivity contribution in [2.24, 2.45) is 10.7 Å². The molecule has 0 atom stereocenters. The van der Waals surface area contributed by atoms with Crippen LogP contribution in [0.1, 0.15) is 5.56 Å². The van der Waals surface area contributed by atoms with Crippen molar-refractivity contribution in [3.8, 4) is 11.5 Å². The van der Waals surface area contributed by atoms with Gasteiger partial charge in [0.05, 0.1) is 20.8 Å². The number of nitrogens with one attached hydrogen (secondary N) is 1. The fourth-order valence-corrected chi connectivity index (χ4v) is 2.82. The highest BCUT2D eigenvalue weighted by atomic mass is 16.5. The van der Waals surface area contributed by atoms with Crippen molar-refractivity contribution in [3.05, 3.63) is 60.2 Å². The lowest BCUT2D eigenvalue weighted by molar-refractivity contribution is 0.355. The zero-order valence-corrected chi connectivity index (χ0v) is 15.1. The molecule has 1 heterocycles. The van der Waals surface area contributed by atoms with Crippen molar-refractivity contribution in [1.82, 2.24) is 0 Å². The first-order valence-electron chi connectivity index (χ1n) is 8.47. The molecule has 26 heavy (non-hydrogen) atoms. The zero-order valence-electron chi connectivity index (χ0n) is 15.1. The summed E-state index contributed by atoms with van der Waals surface area (Å²) in [5, 5.41) is 3.08. The smallest absolute Gasteiger partial charge is 0.193 e. The van der Waals surface area contributed by atoms with Crippen LogP contribution in [0, 0.1) is 0 Å². The van der Waals surface area contributed by atoms with Gasteiger partial charge in [0.2, 0.25) is 0 Å². The summed E-state index contributed by atoms with van der Waals surface area (Å²) in [5.41, 5.74) is 9.13. The topological polar surface area (TPSA) is 72.1 Å². The van der Waals surface area contributed by atoms with Crippen molar-refractivity contribution in [1.29, 1.82) is 0 Å². The summed E-state index contributed by atoms with van der Waals surface area (Å²) in [6, 6.07) is 13.9. The Balaban J connectivity index is 1.64. The molecule has 3 N–H and O–H groups in total. The van der Waals surface area contributed by atoms with Crippen molar-refractivity contribution in [3.63, 3.8) is 0 Å². The molecule has 1 aliphatic heterocycles. The Kier molecular flexibility index (Phi) is 5.63. The minimum atomic E-state index is 0.352. The van der Waals surface area contributed by atoms with Crippen LogP contribution in [0.4, 0.5) is 11.4 Å². The zero-order chi connectivity index (χ0) is 18.4. The Bertz CT molecular complexity index is 809. The van der Waals surface area contributed by atoms with Gasteiger partial charge in [-0.05, 0) is 29.8 Å². The van der Waals surface area contributed by atoms with Crippen LogP contribution >= 0.6 is 0 Å². The number of benzene rings is 2. The molecular formula is C20H24N4O2. The number of hydrogen-bond donors (Lipinski definition) is 2. The fraction of sp³-hybridized carbons (Fsp3) is 0.250. The number of ether oxygens (including phenoxy) is 2. The standard InChI is InChI=1S/C20H24N4O2/c1-25-18-9-8-16(13-19(18)26-2)23-20(21)22-14-15-6-5-7-17(12-15)24-10-3-4-11-24/h3-9,12-13H,10-11,14H2,1-2H3,(H3,21,22,23). The van der Waals surface area contributed by atoms with Gasteiger partial charge in [-0.25, -0.2) is 4.99 Å². The van der Waals surface area contributed by atoms with Gasteiger partial charge in [0.1, 0.15) is 0 Å². The summed E-state index contributed by atoms with van der Waals surface area (Å²) in [5.74, 6) is 1.66. The lowest BCUT2D eigenvalue weighted by Crippen LogP contribution is -2.22. The normalized spacial score (nSPS) is 13.8. The van der Waals surface area contributed by atoms with Crippen LogP contribution in [-0.2, 0) is 6.54 Å². The number of guanidine groups is 1. The van der Waals surface area contributed by atoms with Gasteiger partial charge in [0.25, 0.3) is 0 Å². The third-order valence-corrected chi connectivity index (χ3v) is 4.18. The van der Waals surface area contributed by atoms with Gasteiger partial charge >= 0.3 is 0 Å². The van der Waals surface area contributed by atoms with Crippen LogP contribution in [0.3, 0.4) is 0 Å². The van der Waals surface area contributed by atoms with Crippen molar-refractivity contribution >= 4 is 17.3 Å². The highest BCUT2D eigenvalue weighted by Gasteiger charge is 2.08. The van der Waals surface area contributed by atoms with E-state index < -0.39 is 0 Å². The molecule has 2 aromatic rings. The monoisotopic (exact) mass is 352 g/mol. The minimum absolute atomic E-state index is 0.352. The second-order valence-corrected chi connectivity index (χ2v) is 5.94. The SMILES string of the molecule is COc1ccc(NC(N)=NCc2cccc(N3CC=CC3)c2)cc1OC. The van der Waals surface area contributed by atoms with E-state index in [2.05, 4.69) is 51.6 Å². The van der Waals surface area contributed by atoms with Crippen LogP contribution in [-0.4, -0.2) is 33.3 Å². The van der Waals surface area contributed by atoms with Crippen LogP contribution < -0.4 is 25.4 Å². The van der Waals surface area contributed by atoms with Gasteiger partial charge in [0.15, 0.2) is 17.5 Å². The quantitative estimate of drug-likeness (QED) is 0.475. The van der Waals surface area contributed by atoms with E-state index in [1.165, 1.54) is 5.69 Å². The lowest BCUT2D eigenvalue weighted by Gasteiger charge is -2.18. The summed E-state index contributed by atoms with van der Waals surface area (Å²) in [7, 11) is 3.20. The lowest BCUT2D eigenvalue weighted by atomic mass is 10.2. The van der Waals surface area contributed by atoms with Crippen LogP contribution in [0.15, 0.2) is 59.6 Å². The fourth-order valence-electron chi connectivity index (χ4n) is 2.82. The van der Waals surface area contributed by atoms with Crippen molar-refractivity contribution in [2.45, 2.75) is 6.54 Å². The van der Waals surface area contributed by atoms with E-state index in [9.17, 15) is 0 Å². The van der Waals surface area contributed by atoms with E-state index in [0.717, 1.165) is 24.3 Å². The number of nitrogens with zero attached hydrogens (tertiary/aromatic N) is 2. The summed E-state index contributed by atoms with van der Waals surface area (Å²) in [6.07, 6.45) is 4.35. The molecule has 136 valence electrons. The molecule has 0 unspecified atom stereocenters. The maximum Gasteiger partial charge on any atom is 0.193 e. The second-order valence-electron chi connectivity index (χ2n) is 5.94. The molecule has 0 saturated carbocycles. The molecule has 6 nitrogen and oxygen atoms in total. The Morgan fingerprint density at radius 2 is 1.85 bits per heavy atom. The largest absolute Gasteiger partial charge is 0.493 e. The Labute approximate surface area is 153 Å². The van der Waals surface area contributed by atoms with Crippen molar-refractivity contribution in [2.75, 3.05) is 37.5 Å². The molecule has 0 radical (unpaired) electrons. The van der Waals surface area contributed by atoms with Gasteiger partial charge in [-0.1, -0.05) is 24.3 Å². The van der Waals surface area contributed by atoms with Crippen molar-refractivity contribution < 1.29 is 9.47 Å². The van der Waals surface area contributed by atoms with E-state index in [1.54, 1.807) is 14.2 Å². The first kappa shape index (κ1) is 17.7. The predicted molar refractivity (Wildman–Crippen MR) is 106 cm³/mol. The molecule has 0 bridgehead atoms. The molecular weight excluding hydrogens is 328 g/mol. The van der Waals surface area contributed by atoms with E-state index in [4.69, 9.17) is 15.2 Å². The molecule has 6 heteroatoms. The minimum Gasteiger partial charge on any atom is -0.493 e.